The number of likely N-dealkylation sites (N-methyl/N-ethyl adjacent to an activating group) is 1. The number of benzene rings is 2. The highest BCUT2D eigenvalue weighted by atomic mass is 79.9. The lowest BCUT2D eigenvalue weighted by atomic mass is 10.2. The number of amides is 1. The van der Waals surface area contributed by atoms with Gasteiger partial charge in [-0.1, -0.05) is 34.1 Å². The van der Waals surface area contributed by atoms with Crippen molar-refractivity contribution >= 4 is 49.1 Å². The Labute approximate surface area is 156 Å². The first kappa shape index (κ1) is 18.6. The fourth-order valence-electron chi connectivity index (χ4n) is 2.13. The number of halogens is 2. The monoisotopic (exact) mass is 455 g/mol. The SMILES string of the molecule is CN(CC(=O)Nc1ccc([N+](=O)[O-])cc1Br)Cc1ccccc1Br. The van der Waals surface area contributed by atoms with Gasteiger partial charge in [-0.15, -0.1) is 0 Å². The molecule has 0 saturated carbocycles. The van der Waals surface area contributed by atoms with Crippen LogP contribution in [0.2, 0.25) is 0 Å². The summed E-state index contributed by atoms with van der Waals surface area (Å²) >= 11 is 6.72. The number of nitro groups is 1. The van der Waals surface area contributed by atoms with Gasteiger partial charge in [0.2, 0.25) is 5.91 Å². The van der Waals surface area contributed by atoms with Crippen LogP contribution in [-0.2, 0) is 11.3 Å². The van der Waals surface area contributed by atoms with E-state index in [2.05, 4.69) is 37.2 Å². The van der Waals surface area contributed by atoms with Crippen molar-refractivity contribution in [3.8, 4) is 0 Å². The van der Waals surface area contributed by atoms with E-state index >= 15 is 0 Å². The molecule has 0 unspecified atom stereocenters. The molecule has 0 saturated heterocycles. The van der Waals surface area contributed by atoms with Crippen molar-refractivity contribution in [2.24, 2.45) is 0 Å². The van der Waals surface area contributed by atoms with Gasteiger partial charge >= 0.3 is 0 Å². The maximum atomic E-state index is 12.1. The molecule has 2 aromatic carbocycles. The number of non-ortho nitro benzene ring substituents is 1. The Morgan fingerprint density at radius 2 is 1.92 bits per heavy atom. The average Bonchev–Trinajstić information content (AvgIpc) is 2.51. The minimum Gasteiger partial charge on any atom is -0.324 e. The number of rotatable bonds is 6. The first-order chi connectivity index (χ1) is 11.4. The average molecular weight is 457 g/mol. The normalized spacial score (nSPS) is 10.7. The zero-order chi connectivity index (χ0) is 17.7. The van der Waals surface area contributed by atoms with Crippen molar-refractivity contribution in [3.05, 3.63) is 67.1 Å². The summed E-state index contributed by atoms with van der Waals surface area (Å²) in [7, 11) is 1.85. The molecule has 0 atom stereocenters. The van der Waals surface area contributed by atoms with E-state index in [0.29, 0.717) is 16.7 Å². The molecule has 0 aliphatic heterocycles. The number of anilines is 1. The molecule has 24 heavy (non-hydrogen) atoms. The number of nitrogens with zero attached hydrogens (tertiary/aromatic N) is 2. The predicted octanol–water partition coefficient (Wildman–Crippen LogP) is 4.19. The van der Waals surface area contributed by atoms with Crippen LogP contribution in [0.3, 0.4) is 0 Å². The van der Waals surface area contributed by atoms with E-state index in [-0.39, 0.29) is 18.1 Å². The van der Waals surface area contributed by atoms with E-state index in [1.165, 1.54) is 18.2 Å². The molecule has 2 aromatic rings. The summed E-state index contributed by atoms with van der Waals surface area (Å²) in [6, 6.07) is 12.1. The molecule has 0 fully saturated rings. The van der Waals surface area contributed by atoms with E-state index < -0.39 is 4.92 Å². The highest BCUT2D eigenvalue weighted by Crippen LogP contribution is 2.27. The van der Waals surface area contributed by atoms with E-state index in [0.717, 1.165) is 10.0 Å². The Hall–Kier alpha value is -1.77. The maximum absolute atomic E-state index is 12.1. The Morgan fingerprint density at radius 1 is 1.21 bits per heavy atom. The third kappa shape index (κ3) is 5.12. The Balaban J connectivity index is 1.95. The van der Waals surface area contributed by atoms with Crippen LogP contribution in [-0.4, -0.2) is 29.3 Å². The maximum Gasteiger partial charge on any atom is 0.270 e. The highest BCUT2D eigenvalue weighted by Gasteiger charge is 2.13. The van der Waals surface area contributed by atoms with Gasteiger partial charge in [-0.05, 0) is 40.7 Å². The van der Waals surface area contributed by atoms with Crippen LogP contribution >= 0.6 is 31.9 Å². The molecule has 0 aliphatic carbocycles. The van der Waals surface area contributed by atoms with Crippen LogP contribution < -0.4 is 5.32 Å². The highest BCUT2D eigenvalue weighted by molar-refractivity contribution is 9.10. The summed E-state index contributed by atoms with van der Waals surface area (Å²) < 4.78 is 1.47. The largest absolute Gasteiger partial charge is 0.324 e. The number of carbonyl (C=O) groups is 1. The van der Waals surface area contributed by atoms with Crippen molar-refractivity contribution < 1.29 is 9.72 Å². The number of hydrogen-bond acceptors (Lipinski definition) is 4. The molecule has 0 aromatic heterocycles. The molecule has 0 radical (unpaired) electrons. The molecular formula is C16H15Br2N3O3. The third-order valence-electron chi connectivity index (χ3n) is 3.25. The molecule has 126 valence electrons. The zero-order valence-electron chi connectivity index (χ0n) is 12.8. The Kier molecular flexibility index (Phi) is 6.47. The standard InChI is InChI=1S/C16H15Br2N3O3/c1-20(9-11-4-2-3-5-13(11)17)10-16(22)19-15-7-6-12(21(23)24)8-14(15)18/h2-8H,9-10H2,1H3,(H,19,22). The van der Waals surface area contributed by atoms with E-state index in [1.54, 1.807) is 0 Å². The van der Waals surface area contributed by atoms with Crippen molar-refractivity contribution in [3.63, 3.8) is 0 Å². The summed E-state index contributed by atoms with van der Waals surface area (Å²) in [6.07, 6.45) is 0. The molecule has 6 nitrogen and oxygen atoms in total. The van der Waals surface area contributed by atoms with Gasteiger partial charge in [0.15, 0.2) is 0 Å². The lowest BCUT2D eigenvalue weighted by Crippen LogP contribution is -2.30. The van der Waals surface area contributed by atoms with Crippen molar-refractivity contribution in [2.75, 3.05) is 18.9 Å². The van der Waals surface area contributed by atoms with Gasteiger partial charge in [0.1, 0.15) is 0 Å². The number of nitro benzene ring substituents is 1. The van der Waals surface area contributed by atoms with Gasteiger partial charge in [-0.25, -0.2) is 0 Å². The van der Waals surface area contributed by atoms with Gasteiger partial charge in [-0.2, -0.15) is 0 Å². The summed E-state index contributed by atoms with van der Waals surface area (Å²) in [5, 5.41) is 13.5. The molecule has 0 bridgehead atoms. The van der Waals surface area contributed by atoms with E-state index in [9.17, 15) is 14.9 Å². The Bertz CT molecular complexity index is 768. The third-order valence-corrected chi connectivity index (χ3v) is 4.68. The van der Waals surface area contributed by atoms with Gasteiger partial charge in [-0.3, -0.25) is 19.8 Å². The minimum atomic E-state index is -0.484. The summed E-state index contributed by atoms with van der Waals surface area (Å²) in [5.41, 5.74) is 1.55. The van der Waals surface area contributed by atoms with Crippen LogP contribution in [0.15, 0.2) is 51.4 Å². The first-order valence-corrected chi connectivity index (χ1v) is 8.61. The predicted molar refractivity (Wildman–Crippen MR) is 99.9 cm³/mol. The van der Waals surface area contributed by atoms with Crippen molar-refractivity contribution in [2.45, 2.75) is 6.54 Å². The van der Waals surface area contributed by atoms with Gasteiger partial charge in [0.25, 0.3) is 5.69 Å². The minimum absolute atomic E-state index is 0.0362. The number of carbonyl (C=O) groups excluding carboxylic acids is 1. The fourth-order valence-corrected chi connectivity index (χ4v) is 3.00. The van der Waals surface area contributed by atoms with Crippen LogP contribution in [0.1, 0.15) is 5.56 Å². The molecular weight excluding hydrogens is 442 g/mol. The van der Waals surface area contributed by atoms with Crippen LogP contribution in [0.5, 0.6) is 0 Å². The quantitative estimate of drug-likeness (QED) is 0.522. The van der Waals surface area contributed by atoms with Crippen molar-refractivity contribution in [1.82, 2.24) is 4.90 Å². The van der Waals surface area contributed by atoms with Gasteiger partial charge in [0, 0.05) is 27.6 Å². The second kappa shape index (κ2) is 8.36. The lowest BCUT2D eigenvalue weighted by molar-refractivity contribution is -0.384. The molecule has 0 heterocycles. The summed E-state index contributed by atoms with van der Waals surface area (Å²) in [4.78, 5) is 24.3. The molecule has 8 heteroatoms. The van der Waals surface area contributed by atoms with Crippen molar-refractivity contribution in [1.29, 1.82) is 0 Å². The second-order valence-electron chi connectivity index (χ2n) is 5.23. The Morgan fingerprint density at radius 3 is 2.54 bits per heavy atom. The molecule has 1 N–H and O–H groups in total. The van der Waals surface area contributed by atoms with Crippen LogP contribution in [0, 0.1) is 10.1 Å². The smallest absolute Gasteiger partial charge is 0.270 e. The van der Waals surface area contributed by atoms with Crippen LogP contribution in [0.25, 0.3) is 0 Å². The summed E-state index contributed by atoms with van der Waals surface area (Å²) in [6.45, 7) is 0.820. The van der Waals surface area contributed by atoms with Crippen LogP contribution in [0.4, 0.5) is 11.4 Å². The zero-order valence-corrected chi connectivity index (χ0v) is 16.0. The summed E-state index contributed by atoms with van der Waals surface area (Å²) in [5.74, 6) is -0.195. The molecule has 1 amide bonds. The molecule has 0 aliphatic rings. The lowest BCUT2D eigenvalue weighted by Gasteiger charge is -2.17. The van der Waals surface area contributed by atoms with E-state index in [4.69, 9.17) is 0 Å². The number of nitrogens with one attached hydrogen (secondary N) is 1. The second-order valence-corrected chi connectivity index (χ2v) is 6.94. The van der Waals surface area contributed by atoms with E-state index in [1.807, 2.05) is 36.2 Å². The van der Waals surface area contributed by atoms with Gasteiger partial charge < -0.3 is 5.32 Å². The molecule has 2 rings (SSSR count). The van der Waals surface area contributed by atoms with Gasteiger partial charge in [0.05, 0.1) is 17.2 Å². The number of hydrogen-bond donors (Lipinski definition) is 1. The fraction of sp³-hybridized carbons (Fsp3) is 0.188. The molecule has 0 spiro atoms. The first-order valence-electron chi connectivity index (χ1n) is 7.02. The topological polar surface area (TPSA) is 75.5 Å².